The van der Waals surface area contributed by atoms with Crippen LogP contribution in [0.3, 0.4) is 0 Å². The van der Waals surface area contributed by atoms with Gasteiger partial charge in [0.15, 0.2) is 23.2 Å². The fourth-order valence-electron chi connectivity index (χ4n) is 6.61. The Morgan fingerprint density at radius 2 is 1.93 bits per heavy atom. The molecule has 5 rings (SSSR count). The minimum atomic E-state index is -4.74. The molecule has 0 aromatic carbocycles. The van der Waals surface area contributed by atoms with E-state index in [1.165, 1.54) is 10.9 Å². The van der Waals surface area contributed by atoms with Gasteiger partial charge in [0.1, 0.15) is 24.2 Å². The van der Waals surface area contributed by atoms with E-state index in [0.717, 1.165) is 19.3 Å². The number of halogens is 1. The van der Waals surface area contributed by atoms with Crippen molar-refractivity contribution in [3.63, 3.8) is 0 Å². The topological polar surface area (TPSA) is 226 Å². The highest BCUT2D eigenvalue weighted by atomic mass is 35.5. The van der Waals surface area contributed by atoms with Crippen molar-refractivity contribution in [1.82, 2.24) is 19.5 Å². The van der Waals surface area contributed by atoms with Crippen molar-refractivity contribution >= 4 is 49.6 Å². The van der Waals surface area contributed by atoms with Gasteiger partial charge in [0, 0.05) is 11.6 Å². The summed E-state index contributed by atoms with van der Waals surface area (Å²) < 4.78 is 36.2. The molecule has 1 amide bonds. The summed E-state index contributed by atoms with van der Waals surface area (Å²) in [5.41, 5.74) is 0.0727. The second-order valence-electron chi connectivity index (χ2n) is 12.0. The Hall–Kier alpha value is -1.67. The molecule has 228 valence electrons. The highest BCUT2D eigenvalue weighted by Gasteiger charge is 2.63. The molecule has 18 heteroatoms. The molecule has 41 heavy (non-hydrogen) atoms. The highest BCUT2D eigenvalue weighted by molar-refractivity contribution is 7.72. The first-order valence-electron chi connectivity index (χ1n) is 13.2. The van der Waals surface area contributed by atoms with Crippen molar-refractivity contribution in [3.8, 4) is 0 Å². The molecule has 0 spiro atoms. The van der Waals surface area contributed by atoms with Gasteiger partial charge in [-0.05, 0) is 48.6 Å². The summed E-state index contributed by atoms with van der Waals surface area (Å²) in [6.45, 7) is 6.56. The van der Waals surface area contributed by atoms with Crippen LogP contribution in [-0.2, 0) is 18.6 Å². The summed E-state index contributed by atoms with van der Waals surface area (Å²) in [7, 11) is -8.97. The Bertz CT molecular complexity index is 1450. The predicted octanol–water partition coefficient (Wildman–Crippen LogP) is 2.66. The number of anilines is 1. The number of aliphatic hydroxyl groups excluding tert-OH is 2. The van der Waals surface area contributed by atoms with Crippen LogP contribution >= 0.6 is 26.6 Å². The van der Waals surface area contributed by atoms with Crippen LogP contribution in [0, 0.1) is 16.7 Å². The van der Waals surface area contributed by atoms with E-state index in [-0.39, 0.29) is 45.6 Å². The average molecular weight is 638 g/mol. The molecule has 6 N–H and O–H groups in total. The van der Waals surface area contributed by atoms with Gasteiger partial charge in [-0.1, -0.05) is 20.8 Å². The molecule has 3 unspecified atom stereocenters. The number of amides is 1. The highest BCUT2D eigenvalue weighted by Crippen LogP contribution is 2.66. The van der Waals surface area contributed by atoms with E-state index in [2.05, 4.69) is 41.0 Å². The largest absolute Gasteiger partial charge is 0.445 e. The van der Waals surface area contributed by atoms with Crippen LogP contribution in [0.25, 0.3) is 11.2 Å². The number of hydrogen-bond acceptors (Lipinski definition) is 10. The number of nitrogens with one attached hydrogen (secondary N) is 1. The molecule has 2 aromatic heterocycles. The average Bonchev–Trinajstić information content (AvgIpc) is 3.49. The molecule has 3 aliphatic rings. The van der Waals surface area contributed by atoms with E-state index in [0.29, 0.717) is 5.92 Å². The quantitative estimate of drug-likeness (QED) is 0.181. The predicted molar refractivity (Wildman–Crippen MR) is 146 cm³/mol. The van der Waals surface area contributed by atoms with Crippen LogP contribution < -0.4 is 5.32 Å². The third-order valence-electron chi connectivity index (χ3n) is 9.36. The summed E-state index contributed by atoms with van der Waals surface area (Å²) in [5.74, 6) is -0.763. The van der Waals surface area contributed by atoms with Gasteiger partial charge in [0.05, 0.1) is 12.4 Å². The molecule has 0 radical (unpaired) electrons. The molecule has 2 aliphatic carbocycles. The number of rotatable bonds is 8. The second kappa shape index (κ2) is 10.5. The number of imidazole rings is 1. The van der Waals surface area contributed by atoms with Crippen LogP contribution in [0.15, 0.2) is 6.33 Å². The van der Waals surface area contributed by atoms with E-state index in [4.69, 9.17) is 30.9 Å². The Labute approximate surface area is 240 Å². The molecule has 3 fully saturated rings. The minimum Gasteiger partial charge on any atom is -0.445 e. The molecule has 1 saturated heterocycles. The fraction of sp³-hybridized carbons (Fsp3) is 0.739. The molecule has 8 atom stereocenters. The van der Waals surface area contributed by atoms with Crippen molar-refractivity contribution in [2.75, 3.05) is 17.4 Å². The number of aliphatic hydroxyl groups is 2. The van der Waals surface area contributed by atoms with Gasteiger partial charge in [-0.15, -0.1) is 0 Å². The number of carbonyl (C=O) groups is 1. The van der Waals surface area contributed by atoms with Gasteiger partial charge in [0.25, 0.3) is 0 Å². The smallest absolute Gasteiger partial charge is 0.413 e. The monoisotopic (exact) mass is 637 g/mol. The zero-order valence-electron chi connectivity index (χ0n) is 22.6. The van der Waals surface area contributed by atoms with Crippen LogP contribution in [0.2, 0.25) is 5.28 Å². The van der Waals surface area contributed by atoms with Crippen molar-refractivity contribution in [2.45, 2.75) is 77.1 Å². The van der Waals surface area contributed by atoms with E-state index in [1.807, 2.05) is 0 Å². The molecular weight excluding hydrogens is 604 g/mol. The van der Waals surface area contributed by atoms with E-state index in [9.17, 15) is 29.0 Å². The molecule has 2 bridgehead atoms. The van der Waals surface area contributed by atoms with E-state index >= 15 is 0 Å². The molecule has 15 nitrogen and oxygen atoms in total. The fourth-order valence-corrected chi connectivity index (χ4v) is 10.3. The Balaban J connectivity index is 1.31. The maximum Gasteiger partial charge on any atom is 0.413 e. The van der Waals surface area contributed by atoms with Crippen molar-refractivity contribution < 1.29 is 48.3 Å². The maximum atomic E-state index is 12.9. The Morgan fingerprint density at radius 1 is 1.22 bits per heavy atom. The van der Waals surface area contributed by atoms with Crippen LogP contribution in [0.5, 0.6) is 0 Å². The zero-order chi connectivity index (χ0) is 30.1. The molecule has 3 heterocycles. The summed E-state index contributed by atoms with van der Waals surface area (Å²) >= 11 is 6.14. The Kier molecular flexibility index (Phi) is 7.88. The number of aromatic nitrogens is 4. The van der Waals surface area contributed by atoms with E-state index < -0.39 is 57.7 Å². The molecule has 2 aromatic rings. The van der Waals surface area contributed by atoms with Gasteiger partial charge < -0.3 is 34.4 Å². The molecule has 1 aliphatic heterocycles. The number of ether oxygens (including phenoxy) is 2. The lowest BCUT2D eigenvalue weighted by Gasteiger charge is -2.38. The number of fused-ring (bicyclic) bond motifs is 3. The van der Waals surface area contributed by atoms with Crippen molar-refractivity contribution in [2.24, 2.45) is 16.7 Å². The standard InChI is InChI=1S/C23H34ClN5O10P2/c1-22(2)11-4-6-23(22,3)13(8-11)39-21(32)27-17-14-18(28-20(24)26-17)29(9-25-14)19-16(31)15(30)12(38-19)5-7-40(33,34)10-41(35,36)37/h9,11-13,15-16,19,30-31H,4-8,10H2,1-3H3,(H,33,34)(H2,35,36,37)(H,26,27,28,32)/t11-,12-,13?,15?,16+,19-,23+/m1/s1. The summed E-state index contributed by atoms with van der Waals surface area (Å²) in [6.07, 6.45) is -3.11. The first-order chi connectivity index (χ1) is 18.9. The number of hydrogen-bond donors (Lipinski definition) is 6. The van der Waals surface area contributed by atoms with Crippen molar-refractivity contribution in [3.05, 3.63) is 11.6 Å². The lowest BCUT2D eigenvalue weighted by atomic mass is 9.70. The van der Waals surface area contributed by atoms with Crippen LogP contribution in [0.1, 0.15) is 52.7 Å². The SMILES string of the molecule is CC1(C)[C@@H]2CC[C@@]1(C)C(OC(=O)Nc1nc(Cl)nc3c1ncn3[C@@H]1O[C@H](CCP(=O)(O)CP(=O)(O)O)C(O)[C@@H]1O)C2. The summed E-state index contributed by atoms with van der Waals surface area (Å²) in [5, 5.41) is 23.6. The lowest BCUT2D eigenvalue weighted by molar-refractivity contribution is -0.0354. The van der Waals surface area contributed by atoms with Gasteiger partial charge in [-0.25, -0.2) is 9.78 Å². The van der Waals surface area contributed by atoms with E-state index in [1.54, 1.807) is 0 Å². The maximum absolute atomic E-state index is 12.9. The van der Waals surface area contributed by atoms with Gasteiger partial charge >= 0.3 is 13.7 Å². The second-order valence-corrected chi connectivity index (χ2v) is 16.9. The minimum absolute atomic E-state index is 0.0282. The summed E-state index contributed by atoms with van der Waals surface area (Å²) in [6, 6.07) is 0. The first-order valence-corrected chi connectivity index (χ1v) is 17.4. The first kappa shape index (κ1) is 30.8. The zero-order valence-corrected chi connectivity index (χ0v) is 25.2. The van der Waals surface area contributed by atoms with Crippen LogP contribution in [-0.4, -0.2) is 87.0 Å². The summed E-state index contributed by atoms with van der Waals surface area (Å²) in [4.78, 5) is 53.4. The Morgan fingerprint density at radius 3 is 2.54 bits per heavy atom. The third-order valence-corrected chi connectivity index (χ3v) is 13.7. The van der Waals surface area contributed by atoms with Crippen LogP contribution in [0.4, 0.5) is 10.6 Å². The number of carbonyl (C=O) groups excluding carboxylic acids is 1. The third kappa shape index (κ3) is 5.69. The molecular formula is C23H34ClN5O10P2. The molecule has 2 saturated carbocycles. The van der Waals surface area contributed by atoms with Gasteiger partial charge in [0.2, 0.25) is 12.7 Å². The van der Waals surface area contributed by atoms with Gasteiger partial charge in [-0.2, -0.15) is 9.97 Å². The normalized spacial score (nSPS) is 34.2. The number of nitrogens with zero attached hydrogens (tertiary/aromatic N) is 4. The van der Waals surface area contributed by atoms with Gasteiger partial charge in [-0.3, -0.25) is 19.0 Å². The lowest BCUT2D eigenvalue weighted by Crippen LogP contribution is -2.39. The van der Waals surface area contributed by atoms with Crippen molar-refractivity contribution in [1.29, 1.82) is 0 Å².